The molecule has 0 saturated carbocycles. The van der Waals surface area contributed by atoms with Crippen LogP contribution in [0.1, 0.15) is 10.5 Å². The minimum absolute atomic E-state index is 0.0877. The molecular formula is C19H13F2N3O3. The van der Waals surface area contributed by atoms with E-state index in [2.05, 4.69) is 15.6 Å². The molecule has 8 heteroatoms. The van der Waals surface area contributed by atoms with E-state index in [1.165, 1.54) is 18.3 Å². The van der Waals surface area contributed by atoms with Crippen LogP contribution in [0.15, 0.2) is 54.7 Å². The molecule has 0 atom stereocenters. The first-order valence-corrected chi connectivity index (χ1v) is 7.97. The molecule has 2 heterocycles. The Bertz CT molecular complexity index is 1030. The van der Waals surface area contributed by atoms with Gasteiger partial charge in [0.25, 0.3) is 5.91 Å². The van der Waals surface area contributed by atoms with Crippen LogP contribution in [0.25, 0.3) is 0 Å². The maximum absolute atomic E-state index is 13.8. The highest BCUT2D eigenvalue weighted by Crippen LogP contribution is 2.34. The zero-order valence-corrected chi connectivity index (χ0v) is 13.8. The number of carbonyl (C=O) groups is 1. The fraction of sp³-hybridized carbons (Fsp3) is 0.0526. The predicted octanol–water partition coefficient (Wildman–Crippen LogP) is 4.08. The van der Waals surface area contributed by atoms with Crippen LogP contribution in [0.5, 0.6) is 11.5 Å². The van der Waals surface area contributed by atoms with Gasteiger partial charge in [-0.3, -0.25) is 9.78 Å². The van der Waals surface area contributed by atoms with Crippen molar-refractivity contribution in [2.24, 2.45) is 0 Å². The van der Waals surface area contributed by atoms with Crippen molar-refractivity contribution in [3.05, 3.63) is 72.1 Å². The van der Waals surface area contributed by atoms with Crippen molar-refractivity contribution in [3.63, 3.8) is 0 Å². The molecule has 0 bridgehead atoms. The number of benzene rings is 2. The highest BCUT2D eigenvalue weighted by molar-refractivity contribution is 6.03. The molecule has 4 rings (SSSR count). The number of ether oxygens (including phenoxy) is 2. The Morgan fingerprint density at radius 2 is 1.81 bits per heavy atom. The molecule has 1 aliphatic rings. The number of nitrogens with one attached hydrogen (secondary N) is 2. The molecule has 6 nitrogen and oxygen atoms in total. The second kappa shape index (κ2) is 6.91. The molecule has 0 unspecified atom stereocenters. The first kappa shape index (κ1) is 16.8. The Morgan fingerprint density at radius 3 is 2.67 bits per heavy atom. The van der Waals surface area contributed by atoms with E-state index >= 15 is 0 Å². The number of amides is 1. The Kier molecular flexibility index (Phi) is 4.29. The van der Waals surface area contributed by atoms with Gasteiger partial charge in [0, 0.05) is 29.7 Å². The van der Waals surface area contributed by atoms with Gasteiger partial charge in [-0.2, -0.15) is 0 Å². The molecule has 0 aliphatic carbocycles. The molecule has 0 fully saturated rings. The highest BCUT2D eigenvalue weighted by Gasteiger charge is 2.15. The van der Waals surface area contributed by atoms with Gasteiger partial charge in [-0.15, -0.1) is 0 Å². The number of anilines is 3. The van der Waals surface area contributed by atoms with Crippen molar-refractivity contribution in [3.8, 4) is 11.5 Å². The molecule has 1 aromatic heterocycles. The summed E-state index contributed by atoms with van der Waals surface area (Å²) in [6, 6.07) is 11.2. The monoisotopic (exact) mass is 369 g/mol. The third-order valence-electron chi connectivity index (χ3n) is 3.83. The SMILES string of the molecule is O=C(Nc1ccc2c(c1)OCO2)c1cc(Nc2ccc(F)cc2F)ccn1. The van der Waals surface area contributed by atoms with Gasteiger partial charge in [0.15, 0.2) is 11.5 Å². The van der Waals surface area contributed by atoms with Crippen LogP contribution in [-0.2, 0) is 0 Å². The molecule has 0 saturated heterocycles. The van der Waals surface area contributed by atoms with E-state index in [4.69, 9.17) is 9.47 Å². The summed E-state index contributed by atoms with van der Waals surface area (Å²) in [4.78, 5) is 16.5. The standard InChI is InChI=1S/C19H13F2N3O3/c20-11-1-3-15(14(21)7-11)23-13-5-6-22-16(8-13)19(25)24-12-2-4-17-18(9-12)27-10-26-17/h1-9H,10H2,(H,22,23)(H,24,25). The van der Waals surface area contributed by atoms with Crippen molar-refractivity contribution in [1.82, 2.24) is 4.98 Å². The summed E-state index contributed by atoms with van der Waals surface area (Å²) in [7, 11) is 0. The van der Waals surface area contributed by atoms with E-state index in [0.717, 1.165) is 12.1 Å². The highest BCUT2D eigenvalue weighted by atomic mass is 19.1. The van der Waals surface area contributed by atoms with Crippen LogP contribution in [0.2, 0.25) is 0 Å². The summed E-state index contributed by atoms with van der Waals surface area (Å²) in [5.74, 6) is -0.701. The van der Waals surface area contributed by atoms with Crippen molar-refractivity contribution in [1.29, 1.82) is 0 Å². The second-order valence-corrected chi connectivity index (χ2v) is 5.70. The zero-order chi connectivity index (χ0) is 18.8. The topological polar surface area (TPSA) is 72.5 Å². The normalized spacial score (nSPS) is 11.9. The van der Waals surface area contributed by atoms with Crippen LogP contribution >= 0.6 is 0 Å². The third-order valence-corrected chi connectivity index (χ3v) is 3.83. The number of aromatic nitrogens is 1. The molecule has 1 amide bonds. The Hall–Kier alpha value is -3.68. The van der Waals surface area contributed by atoms with Crippen LogP contribution < -0.4 is 20.1 Å². The summed E-state index contributed by atoms with van der Waals surface area (Å²) in [5.41, 5.74) is 1.17. The fourth-order valence-electron chi connectivity index (χ4n) is 2.55. The molecule has 2 N–H and O–H groups in total. The zero-order valence-electron chi connectivity index (χ0n) is 13.8. The van der Waals surface area contributed by atoms with Gasteiger partial charge in [-0.05, 0) is 36.4 Å². The minimum Gasteiger partial charge on any atom is -0.454 e. The van der Waals surface area contributed by atoms with Gasteiger partial charge < -0.3 is 20.1 Å². The molecule has 136 valence electrons. The fourth-order valence-corrected chi connectivity index (χ4v) is 2.55. The number of carbonyl (C=O) groups excluding carboxylic acids is 1. The smallest absolute Gasteiger partial charge is 0.274 e. The maximum Gasteiger partial charge on any atom is 0.274 e. The van der Waals surface area contributed by atoms with Crippen molar-refractivity contribution in [2.45, 2.75) is 0 Å². The lowest BCUT2D eigenvalue weighted by Gasteiger charge is -2.09. The molecular weight excluding hydrogens is 356 g/mol. The van der Waals surface area contributed by atoms with E-state index in [1.807, 2.05) is 0 Å². The quantitative estimate of drug-likeness (QED) is 0.725. The lowest BCUT2D eigenvalue weighted by atomic mass is 10.2. The predicted molar refractivity (Wildman–Crippen MR) is 94.4 cm³/mol. The number of hydrogen-bond acceptors (Lipinski definition) is 5. The van der Waals surface area contributed by atoms with E-state index in [1.54, 1.807) is 24.3 Å². The number of nitrogens with zero attached hydrogens (tertiary/aromatic N) is 1. The number of rotatable bonds is 4. The summed E-state index contributed by atoms with van der Waals surface area (Å²) < 4.78 is 37.3. The van der Waals surface area contributed by atoms with Gasteiger partial charge in [0.05, 0.1) is 5.69 Å². The van der Waals surface area contributed by atoms with E-state index in [-0.39, 0.29) is 18.2 Å². The van der Waals surface area contributed by atoms with E-state index in [9.17, 15) is 13.6 Å². The van der Waals surface area contributed by atoms with Crippen LogP contribution in [-0.4, -0.2) is 17.7 Å². The number of pyridine rings is 1. The third kappa shape index (κ3) is 3.64. The summed E-state index contributed by atoms with van der Waals surface area (Å²) in [6.45, 7) is 0.141. The van der Waals surface area contributed by atoms with Crippen LogP contribution in [0.4, 0.5) is 25.8 Å². The van der Waals surface area contributed by atoms with Gasteiger partial charge in [-0.1, -0.05) is 0 Å². The summed E-state index contributed by atoms with van der Waals surface area (Å²) in [6.07, 6.45) is 1.41. The second-order valence-electron chi connectivity index (χ2n) is 5.70. The Morgan fingerprint density at radius 1 is 0.963 bits per heavy atom. The molecule has 2 aromatic carbocycles. The minimum atomic E-state index is -0.738. The molecule has 27 heavy (non-hydrogen) atoms. The van der Waals surface area contributed by atoms with Crippen molar-refractivity contribution >= 4 is 23.0 Å². The molecule has 3 aromatic rings. The average molecular weight is 369 g/mol. The maximum atomic E-state index is 13.8. The largest absolute Gasteiger partial charge is 0.454 e. The lowest BCUT2D eigenvalue weighted by Crippen LogP contribution is -2.13. The van der Waals surface area contributed by atoms with E-state index < -0.39 is 17.5 Å². The number of fused-ring (bicyclic) bond motifs is 1. The van der Waals surface area contributed by atoms with Crippen LogP contribution in [0, 0.1) is 11.6 Å². The first-order valence-electron chi connectivity index (χ1n) is 7.97. The molecule has 0 spiro atoms. The Balaban J connectivity index is 1.50. The molecule has 0 radical (unpaired) electrons. The van der Waals surface area contributed by atoms with Gasteiger partial charge in [-0.25, -0.2) is 8.78 Å². The van der Waals surface area contributed by atoms with Crippen molar-refractivity contribution in [2.75, 3.05) is 17.4 Å². The molecule has 1 aliphatic heterocycles. The van der Waals surface area contributed by atoms with Gasteiger partial charge in [0.2, 0.25) is 6.79 Å². The summed E-state index contributed by atoms with van der Waals surface area (Å²) >= 11 is 0. The van der Waals surface area contributed by atoms with Gasteiger partial charge in [0.1, 0.15) is 17.3 Å². The first-order chi connectivity index (χ1) is 13.1. The van der Waals surface area contributed by atoms with Gasteiger partial charge >= 0.3 is 0 Å². The van der Waals surface area contributed by atoms with Crippen molar-refractivity contribution < 1.29 is 23.0 Å². The number of hydrogen-bond donors (Lipinski definition) is 2. The average Bonchev–Trinajstić information content (AvgIpc) is 3.12. The Labute approximate surface area is 152 Å². The summed E-state index contributed by atoms with van der Waals surface area (Å²) in [5, 5.41) is 5.50. The number of halogens is 2. The lowest BCUT2D eigenvalue weighted by molar-refractivity contribution is 0.102. The van der Waals surface area contributed by atoms with Crippen LogP contribution in [0.3, 0.4) is 0 Å². The van der Waals surface area contributed by atoms with E-state index in [0.29, 0.717) is 22.9 Å².